The lowest BCUT2D eigenvalue weighted by molar-refractivity contribution is 1.04. The lowest BCUT2D eigenvalue weighted by Crippen LogP contribution is -2.14. The number of rotatable bonds is 4. The van der Waals surface area contributed by atoms with E-state index < -0.39 is 0 Å². The maximum Gasteiger partial charge on any atom is 0.115 e. The summed E-state index contributed by atoms with van der Waals surface area (Å²) < 4.78 is -0.448. The predicted octanol–water partition coefficient (Wildman–Crippen LogP) is 6.36. The average molecular weight is 608 g/mol. The van der Waals surface area contributed by atoms with Crippen molar-refractivity contribution in [2.24, 2.45) is 0 Å². The summed E-state index contributed by atoms with van der Waals surface area (Å²) >= 11 is 21.5. The van der Waals surface area contributed by atoms with Crippen molar-refractivity contribution < 1.29 is 0 Å². The van der Waals surface area contributed by atoms with Crippen molar-refractivity contribution >= 4 is 95.6 Å². The molecule has 0 unspecified atom stereocenters. The third-order valence-corrected chi connectivity index (χ3v) is 9.69. The molecule has 0 radical (unpaired) electrons. The molecule has 0 nitrogen and oxygen atoms in total. The quantitative estimate of drug-likeness (QED) is 0.350. The van der Waals surface area contributed by atoms with Crippen molar-refractivity contribution in [3.8, 4) is 0 Å². The molecule has 0 aliphatic rings. The second-order valence-corrected chi connectivity index (χ2v) is 11.9. The van der Waals surface area contributed by atoms with Crippen LogP contribution >= 0.6 is 95.6 Å². The van der Waals surface area contributed by atoms with Crippen LogP contribution < -0.4 is 0 Å². The van der Waals surface area contributed by atoms with Crippen LogP contribution in [0.1, 0.15) is 11.1 Å². The molecule has 0 N–H and O–H groups in total. The van der Waals surface area contributed by atoms with Gasteiger partial charge in [-0.05, 0) is 11.1 Å². The number of hydrogen-bond acceptors (Lipinski definition) is 0. The Bertz CT molecular complexity index is 329. The highest BCUT2D eigenvalue weighted by atomic mass is 79.9. The normalized spacial score (nSPS) is 12.9. The Kier molecular flexibility index (Phi) is 6.57. The molecule has 0 spiro atoms. The average Bonchev–Trinajstić information content (AvgIpc) is 2.29. The number of alkyl halides is 6. The largest absolute Gasteiger partial charge is 0.115 e. The molecular weight excluding hydrogens is 600 g/mol. The molecule has 1 aromatic carbocycles. The van der Waals surface area contributed by atoms with Crippen molar-refractivity contribution in [1.29, 1.82) is 0 Å². The number of hydrogen-bond donors (Lipinski definition) is 0. The fourth-order valence-corrected chi connectivity index (χ4v) is 2.76. The Labute approximate surface area is 146 Å². The summed E-state index contributed by atoms with van der Waals surface area (Å²) in [6.45, 7) is 0. The summed E-state index contributed by atoms with van der Waals surface area (Å²) in [6, 6.07) is 8.36. The van der Waals surface area contributed by atoms with Gasteiger partial charge in [0.2, 0.25) is 0 Å². The van der Waals surface area contributed by atoms with Gasteiger partial charge in [0.05, 0.1) is 0 Å². The zero-order chi connectivity index (χ0) is 12.4. The Hall–Kier alpha value is 2.10. The van der Waals surface area contributed by atoms with E-state index in [1.807, 2.05) is 6.07 Å². The predicted molar refractivity (Wildman–Crippen MR) is 93.1 cm³/mol. The van der Waals surface area contributed by atoms with Crippen LogP contribution in [0.25, 0.3) is 0 Å². The summed E-state index contributed by atoms with van der Waals surface area (Å²) in [7, 11) is 0. The topological polar surface area (TPSA) is 0 Å². The smallest absolute Gasteiger partial charge is 0.0900 e. The van der Waals surface area contributed by atoms with Crippen molar-refractivity contribution in [3.05, 3.63) is 35.4 Å². The summed E-state index contributed by atoms with van der Waals surface area (Å²) in [6.07, 6.45) is 0. The first-order valence-corrected chi connectivity index (χ1v) is 9.73. The van der Waals surface area contributed by atoms with E-state index in [1.165, 1.54) is 11.1 Å². The molecule has 0 bridgehead atoms. The van der Waals surface area contributed by atoms with Crippen LogP contribution in [0.4, 0.5) is 0 Å². The lowest BCUT2D eigenvalue weighted by Gasteiger charge is -2.23. The molecule has 90 valence electrons. The molecular formula is C10H8Br6. The molecule has 0 aliphatic carbocycles. The summed E-state index contributed by atoms with van der Waals surface area (Å²) in [5, 5.41) is 1.57. The summed E-state index contributed by atoms with van der Waals surface area (Å²) in [5.41, 5.74) is 2.34. The highest BCUT2D eigenvalue weighted by Crippen LogP contribution is 2.44. The molecule has 0 aromatic heterocycles. The molecule has 0 heterocycles. The minimum absolute atomic E-state index is 0.224. The molecule has 0 atom stereocenters. The van der Waals surface area contributed by atoms with Crippen molar-refractivity contribution in [2.45, 2.75) is 6.47 Å². The first-order valence-electron chi connectivity index (χ1n) is 4.32. The second-order valence-electron chi connectivity index (χ2n) is 3.26. The fourth-order valence-electron chi connectivity index (χ4n) is 1.13. The first kappa shape index (κ1) is 16.2. The monoisotopic (exact) mass is 602 g/mol. The van der Waals surface area contributed by atoms with Gasteiger partial charge in [-0.15, -0.1) is 0 Å². The van der Waals surface area contributed by atoms with E-state index in [4.69, 9.17) is 0 Å². The van der Waals surface area contributed by atoms with Crippen molar-refractivity contribution in [2.75, 3.05) is 10.7 Å². The highest BCUT2D eigenvalue weighted by Gasteiger charge is 2.28. The van der Waals surface area contributed by atoms with Crippen LogP contribution in [-0.4, -0.2) is 10.7 Å². The van der Waals surface area contributed by atoms with E-state index in [1.54, 1.807) is 0 Å². The van der Waals surface area contributed by atoms with Crippen molar-refractivity contribution in [3.63, 3.8) is 0 Å². The SMILES string of the molecule is BrCC(Br)(Br)c1cccc(C(Br)(Br)CBr)c1. The van der Waals surface area contributed by atoms with E-state index in [0.29, 0.717) is 0 Å². The third-order valence-electron chi connectivity index (χ3n) is 2.04. The minimum Gasteiger partial charge on any atom is -0.0900 e. The van der Waals surface area contributed by atoms with Crippen LogP contribution in [0, 0.1) is 0 Å². The standard InChI is InChI=1S/C10H8Br6/c11-5-9(13,14)7-2-1-3-8(4-7)10(15,16)6-12/h1-4H,5-6H2. The van der Waals surface area contributed by atoms with E-state index in [2.05, 4.69) is 114 Å². The second kappa shape index (κ2) is 6.51. The van der Waals surface area contributed by atoms with Gasteiger partial charge in [0, 0.05) is 10.7 Å². The molecule has 1 aromatic rings. The van der Waals surface area contributed by atoms with Crippen LogP contribution in [-0.2, 0) is 6.47 Å². The Morgan fingerprint density at radius 2 is 1.19 bits per heavy atom. The zero-order valence-corrected chi connectivity index (χ0v) is 17.5. The maximum absolute atomic E-state index is 3.64. The molecule has 0 amide bonds. The molecule has 6 heteroatoms. The Balaban J connectivity index is 3.14. The van der Waals surface area contributed by atoms with Crippen LogP contribution in [0.2, 0.25) is 0 Å². The van der Waals surface area contributed by atoms with E-state index in [-0.39, 0.29) is 6.47 Å². The van der Waals surface area contributed by atoms with Gasteiger partial charge in [0.25, 0.3) is 0 Å². The molecule has 1 rings (SSSR count). The van der Waals surface area contributed by atoms with E-state index >= 15 is 0 Å². The van der Waals surface area contributed by atoms with Gasteiger partial charge in [0.15, 0.2) is 0 Å². The summed E-state index contributed by atoms with van der Waals surface area (Å²) in [5.74, 6) is 0. The fraction of sp³-hybridized carbons (Fsp3) is 0.400. The minimum atomic E-state index is -0.224. The Morgan fingerprint density at radius 1 is 0.812 bits per heavy atom. The lowest BCUT2D eigenvalue weighted by atomic mass is 10.1. The van der Waals surface area contributed by atoms with Crippen LogP contribution in [0.15, 0.2) is 24.3 Å². The van der Waals surface area contributed by atoms with Gasteiger partial charge in [-0.1, -0.05) is 120 Å². The van der Waals surface area contributed by atoms with Crippen LogP contribution in [0.3, 0.4) is 0 Å². The van der Waals surface area contributed by atoms with Gasteiger partial charge < -0.3 is 0 Å². The van der Waals surface area contributed by atoms with Crippen molar-refractivity contribution in [1.82, 2.24) is 0 Å². The van der Waals surface area contributed by atoms with Gasteiger partial charge in [-0.2, -0.15) is 0 Å². The molecule has 0 fully saturated rings. The summed E-state index contributed by atoms with van der Waals surface area (Å²) in [4.78, 5) is 0. The van der Waals surface area contributed by atoms with Crippen LogP contribution in [0.5, 0.6) is 0 Å². The van der Waals surface area contributed by atoms with E-state index in [9.17, 15) is 0 Å². The third kappa shape index (κ3) is 4.05. The zero-order valence-electron chi connectivity index (χ0n) is 7.99. The van der Waals surface area contributed by atoms with Gasteiger partial charge in [0.1, 0.15) is 6.47 Å². The molecule has 0 aliphatic heterocycles. The molecule has 16 heavy (non-hydrogen) atoms. The van der Waals surface area contributed by atoms with E-state index in [0.717, 1.165) is 10.7 Å². The molecule has 0 saturated carbocycles. The Morgan fingerprint density at radius 3 is 1.50 bits per heavy atom. The van der Waals surface area contributed by atoms with Gasteiger partial charge >= 0.3 is 0 Å². The van der Waals surface area contributed by atoms with Gasteiger partial charge in [-0.25, -0.2) is 0 Å². The molecule has 0 saturated heterocycles. The highest BCUT2D eigenvalue weighted by molar-refractivity contribution is 9.26. The van der Waals surface area contributed by atoms with Gasteiger partial charge in [-0.3, -0.25) is 0 Å². The first-order chi connectivity index (χ1) is 7.33. The number of benzene rings is 1. The number of halogens is 6. The maximum atomic E-state index is 3.64.